The maximum atomic E-state index is 13.4. The molecule has 0 bridgehead atoms. The molecule has 0 saturated heterocycles. The molecule has 1 aromatic heterocycles. The van der Waals surface area contributed by atoms with Crippen LogP contribution in [0.1, 0.15) is 16.1 Å². The van der Waals surface area contributed by atoms with Crippen molar-refractivity contribution in [3.05, 3.63) is 64.8 Å². The quantitative estimate of drug-likeness (QED) is 0.695. The summed E-state index contributed by atoms with van der Waals surface area (Å²) in [6.07, 6.45) is -4.73. The lowest BCUT2D eigenvalue weighted by Gasteiger charge is -2.22. The van der Waals surface area contributed by atoms with Gasteiger partial charge < -0.3 is 0 Å². The minimum Gasteiger partial charge on any atom is -0.269 e. The lowest BCUT2D eigenvalue weighted by molar-refractivity contribution is -0.140. The van der Waals surface area contributed by atoms with Gasteiger partial charge in [-0.2, -0.15) is 13.2 Å². The van der Waals surface area contributed by atoms with Crippen molar-refractivity contribution in [1.29, 1.82) is 0 Å². The Morgan fingerprint density at radius 1 is 1.04 bits per heavy atom. The number of benzene rings is 2. The van der Waals surface area contributed by atoms with Crippen molar-refractivity contribution in [2.45, 2.75) is 6.18 Å². The summed E-state index contributed by atoms with van der Waals surface area (Å²) < 4.78 is 40.2. The Morgan fingerprint density at radius 2 is 1.62 bits per heavy atom. The zero-order chi connectivity index (χ0) is 18.9. The predicted molar refractivity (Wildman–Crippen MR) is 91.9 cm³/mol. The van der Waals surface area contributed by atoms with Crippen LogP contribution in [-0.4, -0.2) is 22.9 Å². The monoisotopic (exact) mass is 380 g/mol. The van der Waals surface area contributed by atoms with Crippen LogP contribution in [0.3, 0.4) is 0 Å². The summed E-state index contributed by atoms with van der Waals surface area (Å²) in [5.74, 6) is -1.11. The molecule has 1 heterocycles. The van der Waals surface area contributed by atoms with Crippen molar-refractivity contribution in [1.82, 2.24) is 15.4 Å². The highest BCUT2D eigenvalue weighted by molar-refractivity contribution is 6.30. The summed E-state index contributed by atoms with van der Waals surface area (Å²) >= 11 is 5.76. The number of anilines is 1. The lowest BCUT2D eigenvalue weighted by Crippen LogP contribution is -2.41. The summed E-state index contributed by atoms with van der Waals surface area (Å²) in [7, 11) is 1.27. The van der Waals surface area contributed by atoms with E-state index < -0.39 is 23.6 Å². The molecule has 0 radical (unpaired) electrons. The third-order valence-electron chi connectivity index (χ3n) is 3.51. The fourth-order valence-corrected chi connectivity index (χ4v) is 2.41. The first-order valence-electron chi connectivity index (χ1n) is 7.40. The Bertz CT molecular complexity index is 960. The molecule has 1 amide bonds. The molecule has 3 rings (SSSR count). The smallest absolute Gasteiger partial charge is 0.269 e. The number of carbonyl (C=O) groups is 1. The van der Waals surface area contributed by atoms with E-state index in [0.29, 0.717) is 5.02 Å². The first-order chi connectivity index (χ1) is 12.3. The third kappa shape index (κ3) is 3.70. The van der Waals surface area contributed by atoms with Crippen LogP contribution >= 0.6 is 11.6 Å². The highest BCUT2D eigenvalue weighted by atomic mass is 35.5. The Kier molecular flexibility index (Phi) is 4.69. The number of fused-ring (bicyclic) bond motifs is 1. The molecular weight excluding hydrogens is 369 g/mol. The Labute approximate surface area is 151 Å². The van der Waals surface area contributed by atoms with Gasteiger partial charge in [-0.3, -0.25) is 15.2 Å². The molecule has 9 heteroatoms. The van der Waals surface area contributed by atoms with E-state index in [-0.39, 0.29) is 16.6 Å². The summed E-state index contributed by atoms with van der Waals surface area (Å²) in [6.45, 7) is 0. The van der Waals surface area contributed by atoms with Crippen LogP contribution in [0.15, 0.2) is 48.5 Å². The Morgan fingerprint density at radius 3 is 2.19 bits per heavy atom. The molecule has 0 unspecified atom stereocenters. The third-order valence-corrected chi connectivity index (χ3v) is 3.77. The van der Waals surface area contributed by atoms with Crippen molar-refractivity contribution < 1.29 is 18.0 Å². The van der Waals surface area contributed by atoms with Crippen LogP contribution in [0.2, 0.25) is 5.02 Å². The zero-order valence-electron chi connectivity index (χ0n) is 13.4. The zero-order valence-corrected chi connectivity index (χ0v) is 14.1. The van der Waals surface area contributed by atoms with Gasteiger partial charge in [-0.15, -0.1) is 0 Å². The molecule has 3 aromatic rings. The number of nitrogens with one attached hydrogen (secondary N) is 1. The van der Waals surface area contributed by atoms with Gasteiger partial charge in [0.1, 0.15) is 0 Å². The van der Waals surface area contributed by atoms with Crippen LogP contribution in [0.4, 0.5) is 19.0 Å². The second-order valence-corrected chi connectivity index (χ2v) is 5.83. The van der Waals surface area contributed by atoms with Gasteiger partial charge in [-0.25, -0.2) is 9.97 Å². The number of hydrazine groups is 1. The van der Waals surface area contributed by atoms with Gasteiger partial charge in [0.25, 0.3) is 5.91 Å². The van der Waals surface area contributed by atoms with Gasteiger partial charge in [-0.05, 0) is 36.4 Å². The molecule has 0 atom stereocenters. The van der Waals surface area contributed by atoms with E-state index in [9.17, 15) is 18.0 Å². The average Bonchev–Trinajstić information content (AvgIpc) is 2.60. The number of halogens is 4. The van der Waals surface area contributed by atoms with Crippen molar-refractivity contribution in [2.75, 3.05) is 12.1 Å². The van der Waals surface area contributed by atoms with E-state index in [2.05, 4.69) is 15.4 Å². The molecule has 5 nitrogen and oxygen atoms in total. The number of amides is 1. The molecule has 0 aliphatic carbocycles. The van der Waals surface area contributed by atoms with E-state index in [1.54, 1.807) is 18.2 Å². The fraction of sp³-hybridized carbons (Fsp3) is 0.118. The number of carbonyl (C=O) groups excluding carboxylic acids is 1. The maximum Gasteiger partial charge on any atom is 0.437 e. The SMILES string of the molecule is CN(NC(=O)c1ccc(Cl)cc1)c1nc2ccccc2nc1C(F)(F)F. The number of alkyl halides is 3. The number of hydrogen-bond donors (Lipinski definition) is 1. The van der Waals surface area contributed by atoms with Gasteiger partial charge >= 0.3 is 6.18 Å². The molecule has 26 heavy (non-hydrogen) atoms. The summed E-state index contributed by atoms with van der Waals surface area (Å²) in [4.78, 5) is 19.9. The first kappa shape index (κ1) is 17.9. The van der Waals surface area contributed by atoms with Gasteiger partial charge in [0.15, 0.2) is 11.5 Å². The summed E-state index contributed by atoms with van der Waals surface area (Å²) in [5, 5.41) is 1.34. The lowest BCUT2D eigenvalue weighted by atomic mass is 10.2. The van der Waals surface area contributed by atoms with E-state index in [1.807, 2.05) is 0 Å². The molecule has 1 N–H and O–H groups in total. The largest absolute Gasteiger partial charge is 0.437 e. The molecule has 0 aliphatic rings. The normalized spacial score (nSPS) is 11.4. The minimum atomic E-state index is -4.73. The highest BCUT2D eigenvalue weighted by Crippen LogP contribution is 2.34. The van der Waals surface area contributed by atoms with Crippen LogP contribution < -0.4 is 10.4 Å². The standard InChI is InChI=1S/C17H12ClF3N4O/c1-25(24-16(26)10-6-8-11(18)9-7-10)15-14(17(19,20)21)22-12-4-2-3-5-13(12)23-15/h2-9H,1H3,(H,24,26). The van der Waals surface area contributed by atoms with Crippen LogP contribution in [0, 0.1) is 0 Å². The van der Waals surface area contributed by atoms with Gasteiger partial charge in [0, 0.05) is 17.6 Å². The summed E-state index contributed by atoms with van der Waals surface area (Å²) in [5.41, 5.74) is 1.80. The number of aromatic nitrogens is 2. The Hall–Kier alpha value is -2.87. The van der Waals surface area contributed by atoms with Crippen LogP contribution in [0.5, 0.6) is 0 Å². The second kappa shape index (κ2) is 6.80. The highest BCUT2D eigenvalue weighted by Gasteiger charge is 2.38. The minimum absolute atomic E-state index is 0.112. The van der Waals surface area contributed by atoms with Crippen molar-refractivity contribution in [3.63, 3.8) is 0 Å². The Balaban J connectivity index is 1.97. The van der Waals surface area contributed by atoms with Crippen LogP contribution in [-0.2, 0) is 6.18 Å². The van der Waals surface area contributed by atoms with Crippen molar-refractivity contribution >= 4 is 34.4 Å². The molecule has 134 valence electrons. The number of nitrogens with zero attached hydrogens (tertiary/aromatic N) is 3. The average molecular weight is 381 g/mol. The second-order valence-electron chi connectivity index (χ2n) is 5.39. The van der Waals surface area contributed by atoms with Crippen molar-refractivity contribution in [3.8, 4) is 0 Å². The van der Waals surface area contributed by atoms with Gasteiger partial charge in [0.2, 0.25) is 0 Å². The molecule has 0 saturated carbocycles. The topological polar surface area (TPSA) is 58.1 Å². The first-order valence-corrected chi connectivity index (χ1v) is 7.78. The molecule has 0 fully saturated rings. The molecule has 0 aliphatic heterocycles. The van der Waals surface area contributed by atoms with Gasteiger partial charge in [0.05, 0.1) is 11.0 Å². The van der Waals surface area contributed by atoms with Crippen LogP contribution in [0.25, 0.3) is 11.0 Å². The fourth-order valence-electron chi connectivity index (χ4n) is 2.29. The van der Waals surface area contributed by atoms with E-state index >= 15 is 0 Å². The number of hydrogen-bond acceptors (Lipinski definition) is 4. The predicted octanol–water partition coefficient (Wildman–Crippen LogP) is 4.08. The molecule has 2 aromatic carbocycles. The van der Waals surface area contributed by atoms with E-state index in [4.69, 9.17) is 11.6 Å². The number of rotatable bonds is 3. The van der Waals surface area contributed by atoms with Gasteiger partial charge in [-0.1, -0.05) is 23.7 Å². The number of para-hydroxylation sites is 2. The maximum absolute atomic E-state index is 13.4. The van der Waals surface area contributed by atoms with Crippen molar-refractivity contribution in [2.24, 2.45) is 0 Å². The van der Waals surface area contributed by atoms with E-state index in [0.717, 1.165) is 5.01 Å². The molecular formula is C17H12ClF3N4O. The molecule has 0 spiro atoms. The summed E-state index contributed by atoms with van der Waals surface area (Å²) in [6, 6.07) is 12.1. The van der Waals surface area contributed by atoms with E-state index in [1.165, 1.54) is 37.4 Å².